The van der Waals surface area contributed by atoms with E-state index in [9.17, 15) is 9.18 Å². The Labute approximate surface area is 84.3 Å². The highest BCUT2D eigenvalue weighted by Crippen LogP contribution is 2.24. The van der Waals surface area contributed by atoms with Crippen LogP contribution in [0.5, 0.6) is 0 Å². The first-order valence-electron chi connectivity index (χ1n) is 3.89. The highest BCUT2D eigenvalue weighted by Gasteiger charge is 2.08. The van der Waals surface area contributed by atoms with Crippen molar-refractivity contribution >= 4 is 27.5 Å². The van der Waals surface area contributed by atoms with E-state index in [0.717, 1.165) is 0 Å². The zero-order valence-corrected chi connectivity index (χ0v) is 8.69. The molecule has 0 bridgehead atoms. The summed E-state index contributed by atoms with van der Waals surface area (Å²) in [6.07, 6.45) is 0.334. The minimum atomic E-state index is -0.434. The van der Waals surface area contributed by atoms with Crippen molar-refractivity contribution in [3.63, 3.8) is 0 Å². The lowest BCUT2D eigenvalue weighted by atomic mass is 10.3. The number of hydrogen-bond acceptors (Lipinski definition) is 1. The molecule has 1 aromatic carbocycles. The van der Waals surface area contributed by atoms with Crippen LogP contribution in [0, 0.1) is 5.82 Å². The molecular formula is C9H9BrFNO. The SMILES string of the molecule is CCC(=O)Nc1c(F)cccc1Br. The molecule has 0 aliphatic heterocycles. The fraction of sp³-hybridized carbons (Fsp3) is 0.222. The minimum Gasteiger partial charge on any atom is -0.323 e. The van der Waals surface area contributed by atoms with Gasteiger partial charge in [0.05, 0.1) is 5.69 Å². The van der Waals surface area contributed by atoms with Crippen molar-refractivity contribution in [1.29, 1.82) is 0 Å². The third-order valence-electron chi connectivity index (χ3n) is 1.55. The quantitative estimate of drug-likeness (QED) is 0.853. The maximum absolute atomic E-state index is 13.1. The number of amides is 1. The van der Waals surface area contributed by atoms with Gasteiger partial charge in [-0.3, -0.25) is 4.79 Å². The van der Waals surface area contributed by atoms with Crippen molar-refractivity contribution in [2.45, 2.75) is 13.3 Å². The summed E-state index contributed by atoms with van der Waals surface area (Å²) < 4.78 is 13.7. The van der Waals surface area contributed by atoms with Gasteiger partial charge in [-0.1, -0.05) is 13.0 Å². The van der Waals surface area contributed by atoms with Gasteiger partial charge in [0.25, 0.3) is 0 Å². The normalized spacial score (nSPS) is 9.77. The Bertz CT molecular complexity index is 307. The van der Waals surface area contributed by atoms with Crippen molar-refractivity contribution in [2.75, 3.05) is 5.32 Å². The molecule has 70 valence electrons. The number of hydrogen-bond donors (Lipinski definition) is 1. The highest BCUT2D eigenvalue weighted by atomic mass is 79.9. The number of rotatable bonds is 2. The van der Waals surface area contributed by atoms with Crippen LogP contribution in [0.4, 0.5) is 10.1 Å². The lowest BCUT2D eigenvalue weighted by molar-refractivity contribution is -0.115. The summed E-state index contributed by atoms with van der Waals surface area (Å²) in [5.74, 6) is -0.637. The Morgan fingerprint density at radius 1 is 1.62 bits per heavy atom. The molecule has 0 atom stereocenters. The second kappa shape index (κ2) is 4.37. The molecule has 0 radical (unpaired) electrons. The van der Waals surface area contributed by atoms with Crippen LogP contribution in [-0.4, -0.2) is 5.91 Å². The third kappa shape index (κ3) is 2.52. The van der Waals surface area contributed by atoms with Gasteiger partial charge in [0, 0.05) is 10.9 Å². The molecule has 0 heterocycles. The van der Waals surface area contributed by atoms with E-state index in [2.05, 4.69) is 21.2 Å². The van der Waals surface area contributed by atoms with Gasteiger partial charge in [-0.05, 0) is 28.1 Å². The summed E-state index contributed by atoms with van der Waals surface area (Å²) >= 11 is 3.15. The molecule has 0 aliphatic carbocycles. The first kappa shape index (κ1) is 10.2. The van der Waals surface area contributed by atoms with E-state index in [1.54, 1.807) is 19.1 Å². The van der Waals surface area contributed by atoms with Crippen LogP contribution in [-0.2, 0) is 4.79 Å². The zero-order valence-electron chi connectivity index (χ0n) is 7.10. The van der Waals surface area contributed by atoms with Gasteiger partial charge in [-0.15, -0.1) is 0 Å². The second-order valence-corrected chi connectivity index (χ2v) is 3.35. The summed E-state index contributed by atoms with van der Waals surface area (Å²) in [7, 11) is 0. The van der Waals surface area contributed by atoms with Crippen LogP contribution in [0.25, 0.3) is 0 Å². The summed E-state index contributed by atoms with van der Waals surface area (Å²) in [4.78, 5) is 11.0. The van der Waals surface area contributed by atoms with Crippen molar-refractivity contribution in [3.8, 4) is 0 Å². The predicted octanol–water partition coefficient (Wildman–Crippen LogP) is 2.94. The van der Waals surface area contributed by atoms with Crippen LogP contribution in [0.1, 0.15) is 13.3 Å². The molecule has 0 aromatic heterocycles. The topological polar surface area (TPSA) is 29.1 Å². The summed E-state index contributed by atoms with van der Waals surface area (Å²) in [5, 5.41) is 2.47. The molecular weight excluding hydrogens is 237 g/mol. The summed E-state index contributed by atoms with van der Waals surface area (Å²) in [5.41, 5.74) is 0.203. The molecule has 1 rings (SSSR count). The number of anilines is 1. The second-order valence-electron chi connectivity index (χ2n) is 2.50. The van der Waals surface area contributed by atoms with E-state index in [1.165, 1.54) is 6.07 Å². The number of halogens is 2. The monoisotopic (exact) mass is 245 g/mol. The molecule has 1 N–H and O–H groups in total. The van der Waals surface area contributed by atoms with Crippen LogP contribution < -0.4 is 5.32 Å². The van der Waals surface area contributed by atoms with E-state index < -0.39 is 5.82 Å². The fourth-order valence-electron chi connectivity index (χ4n) is 0.845. The van der Waals surface area contributed by atoms with Gasteiger partial charge in [-0.2, -0.15) is 0 Å². The van der Waals surface area contributed by atoms with Crippen LogP contribution in [0.15, 0.2) is 22.7 Å². The predicted molar refractivity (Wildman–Crippen MR) is 53.0 cm³/mol. The maximum atomic E-state index is 13.1. The lowest BCUT2D eigenvalue weighted by Crippen LogP contribution is -2.11. The van der Waals surface area contributed by atoms with Crippen LogP contribution in [0.3, 0.4) is 0 Å². The van der Waals surface area contributed by atoms with Gasteiger partial charge in [0.1, 0.15) is 5.82 Å². The highest BCUT2D eigenvalue weighted by molar-refractivity contribution is 9.10. The Balaban J connectivity index is 2.93. The average molecular weight is 246 g/mol. The molecule has 4 heteroatoms. The molecule has 0 spiro atoms. The van der Waals surface area contributed by atoms with Crippen LogP contribution in [0.2, 0.25) is 0 Å². The Hall–Kier alpha value is -0.900. The van der Waals surface area contributed by atoms with Gasteiger partial charge >= 0.3 is 0 Å². The van der Waals surface area contributed by atoms with E-state index in [-0.39, 0.29) is 11.6 Å². The number of carbonyl (C=O) groups excluding carboxylic acids is 1. The number of carbonyl (C=O) groups is 1. The molecule has 0 saturated heterocycles. The maximum Gasteiger partial charge on any atom is 0.224 e. The van der Waals surface area contributed by atoms with Crippen molar-refractivity contribution in [1.82, 2.24) is 0 Å². The van der Waals surface area contributed by atoms with Crippen LogP contribution >= 0.6 is 15.9 Å². The Kier molecular flexibility index (Phi) is 3.42. The average Bonchev–Trinajstić information content (AvgIpc) is 2.11. The number of nitrogens with one attached hydrogen (secondary N) is 1. The van der Waals surface area contributed by atoms with E-state index >= 15 is 0 Å². The van der Waals surface area contributed by atoms with Crippen molar-refractivity contribution in [3.05, 3.63) is 28.5 Å². The molecule has 1 amide bonds. The number of benzene rings is 1. The first-order chi connectivity index (χ1) is 6.15. The minimum absolute atomic E-state index is 0.203. The Morgan fingerprint density at radius 3 is 2.85 bits per heavy atom. The molecule has 0 fully saturated rings. The molecule has 13 heavy (non-hydrogen) atoms. The van der Waals surface area contributed by atoms with Gasteiger partial charge in [-0.25, -0.2) is 4.39 Å². The molecule has 0 unspecified atom stereocenters. The van der Waals surface area contributed by atoms with E-state index in [1.807, 2.05) is 0 Å². The van der Waals surface area contributed by atoms with Gasteiger partial charge < -0.3 is 5.32 Å². The molecule has 1 aromatic rings. The third-order valence-corrected chi connectivity index (χ3v) is 2.21. The molecule has 0 aliphatic rings. The first-order valence-corrected chi connectivity index (χ1v) is 4.68. The van der Waals surface area contributed by atoms with E-state index in [0.29, 0.717) is 10.9 Å². The smallest absolute Gasteiger partial charge is 0.224 e. The van der Waals surface area contributed by atoms with Gasteiger partial charge in [0.15, 0.2) is 0 Å². The van der Waals surface area contributed by atoms with E-state index in [4.69, 9.17) is 0 Å². The van der Waals surface area contributed by atoms with Crippen molar-refractivity contribution in [2.24, 2.45) is 0 Å². The Morgan fingerprint density at radius 2 is 2.31 bits per heavy atom. The summed E-state index contributed by atoms with van der Waals surface area (Å²) in [6, 6.07) is 4.55. The van der Waals surface area contributed by atoms with Gasteiger partial charge in [0.2, 0.25) is 5.91 Å². The number of para-hydroxylation sites is 1. The lowest BCUT2D eigenvalue weighted by Gasteiger charge is -2.06. The zero-order chi connectivity index (χ0) is 9.84. The van der Waals surface area contributed by atoms with Crippen molar-refractivity contribution < 1.29 is 9.18 Å². The fourth-order valence-corrected chi connectivity index (χ4v) is 1.29. The largest absolute Gasteiger partial charge is 0.323 e. The summed E-state index contributed by atoms with van der Waals surface area (Å²) in [6.45, 7) is 1.71. The molecule has 2 nitrogen and oxygen atoms in total. The molecule has 0 saturated carbocycles. The standard InChI is InChI=1S/C9H9BrFNO/c1-2-8(13)12-9-6(10)4-3-5-7(9)11/h3-5H,2H2,1H3,(H,12,13).